The number of nitrogens with one attached hydrogen (secondary N) is 1. The molecule has 0 saturated carbocycles. The molecule has 23 heavy (non-hydrogen) atoms. The highest BCUT2D eigenvalue weighted by Gasteiger charge is 2.31. The van der Waals surface area contributed by atoms with Crippen LogP contribution in [-0.4, -0.2) is 29.8 Å². The summed E-state index contributed by atoms with van der Waals surface area (Å²) in [5.74, 6) is -0.152. The van der Waals surface area contributed by atoms with E-state index in [1.807, 2.05) is 25.1 Å². The Labute approximate surface area is 144 Å². The first-order chi connectivity index (χ1) is 11.0. The van der Waals surface area contributed by atoms with Gasteiger partial charge in [0.15, 0.2) is 5.03 Å². The van der Waals surface area contributed by atoms with Crippen LogP contribution >= 0.6 is 24.4 Å². The molecular weight excluding hydrogens is 336 g/mol. The number of carbonyl (C=O) groups excluding carboxylic acids is 1. The van der Waals surface area contributed by atoms with Crippen molar-refractivity contribution in [2.24, 2.45) is 0 Å². The van der Waals surface area contributed by atoms with Gasteiger partial charge in [-0.05, 0) is 30.5 Å². The van der Waals surface area contributed by atoms with Crippen LogP contribution in [0.1, 0.15) is 17.5 Å². The second kappa shape index (κ2) is 8.26. The van der Waals surface area contributed by atoms with E-state index in [1.165, 1.54) is 11.8 Å². The van der Waals surface area contributed by atoms with Crippen LogP contribution in [-0.2, 0) is 16.0 Å². The van der Waals surface area contributed by atoms with E-state index in [0.717, 1.165) is 28.2 Å². The van der Waals surface area contributed by atoms with Gasteiger partial charge in [0, 0.05) is 23.6 Å². The zero-order valence-corrected chi connectivity index (χ0v) is 14.4. The van der Waals surface area contributed by atoms with Crippen LogP contribution in [0.15, 0.2) is 33.8 Å². The predicted octanol–water partition coefficient (Wildman–Crippen LogP) is 2.54. The Morgan fingerprint density at radius 2 is 2.30 bits per heavy atom. The Kier molecular flexibility index (Phi) is 6.35. The molecule has 0 radical (unpaired) electrons. The van der Waals surface area contributed by atoms with E-state index >= 15 is 0 Å². The number of hydrogen-bond acceptors (Lipinski definition) is 7. The Morgan fingerprint density at radius 3 is 2.91 bits per heavy atom. The Morgan fingerprint density at radius 1 is 1.52 bits per heavy atom. The van der Waals surface area contributed by atoms with Crippen LogP contribution < -0.4 is 5.32 Å². The maximum Gasteiger partial charge on any atom is 0.412 e. The monoisotopic (exact) mass is 354 g/mol. The van der Waals surface area contributed by atoms with Crippen LogP contribution in [0.25, 0.3) is 0 Å². The SMILES string of the molecule is Cc1cccc(S)c1CCOC(=O)C(=C1NCCCS1)[N+](=O)[O-]. The molecule has 1 aliphatic heterocycles. The molecular formula is C15H18N2O4S2. The van der Waals surface area contributed by atoms with E-state index < -0.39 is 16.6 Å². The summed E-state index contributed by atoms with van der Waals surface area (Å²) in [5.41, 5.74) is 1.51. The molecule has 124 valence electrons. The topological polar surface area (TPSA) is 81.5 Å². The molecule has 0 bridgehead atoms. The predicted molar refractivity (Wildman–Crippen MR) is 92.2 cm³/mol. The van der Waals surface area contributed by atoms with Crippen molar-refractivity contribution in [2.75, 3.05) is 18.9 Å². The molecule has 0 amide bonds. The van der Waals surface area contributed by atoms with Crippen molar-refractivity contribution < 1.29 is 14.5 Å². The first-order valence-electron chi connectivity index (χ1n) is 7.20. The number of hydrogen-bond donors (Lipinski definition) is 2. The zero-order valence-electron chi connectivity index (χ0n) is 12.7. The minimum absolute atomic E-state index is 0.0759. The summed E-state index contributed by atoms with van der Waals surface area (Å²) in [6, 6.07) is 5.71. The molecule has 0 unspecified atom stereocenters. The maximum absolute atomic E-state index is 12.0. The van der Waals surface area contributed by atoms with E-state index in [4.69, 9.17) is 4.74 Å². The minimum Gasteiger partial charge on any atom is -0.457 e. The molecule has 1 N–H and O–H groups in total. The van der Waals surface area contributed by atoms with Crippen molar-refractivity contribution in [1.82, 2.24) is 5.32 Å². The summed E-state index contributed by atoms with van der Waals surface area (Å²) >= 11 is 5.65. The lowest BCUT2D eigenvalue weighted by molar-refractivity contribution is -0.422. The largest absolute Gasteiger partial charge is 0.457 e. The molecule has 0 spiro atoms. The summed E-state index contributed by atoms with van der Waals surface area (Å²) in [7, 11) is 0. The molecule has 0 atom stereocenters. The van der Waals surface area contributed by atoms with Gasteiger partial charge in [-0.2, -0.15) is 0 Å². The number of thioether (sulfide) groups is 1. The summed E-state index contributed by atoms with van der Waals surface area (Å²) in [5, 5.41) is 14.3. The number of thiol groups is 1. The lowest BCUT2D eigenvalue weighted by Crippen LogP contribution is -2.27. The first-order valence-corrected chi connectivity index (χ1v) is 8.64. The van der Waals surface area contributed by atoms with Gasteiger partial charge in [0.2, 0.25) is 0 Å². The number of rotatable bonds is 5. The van der Waals surface area contributed by atoms with Crippen LogP contribution in [0.4, 0.5) is 0 Å². The lowest BCUT2D eigenvalue weighted by atomic mass is 10.1. The average Bonchev–Trinajstić information content (AvgIpc) is 2.51. The van der Waals surface area contributed by atoms with Gasteiger partial charge in [-0.3, -0.25) is 10.1 Å². The molecule has 1 heterocycles. The summed E-state index contributed by atoms with van der Waals surface area (Å²) in [4.78, 5) is 23.4. The highest BCUT2D eigenvalue weighted by Crippen LogP contribution is 2.23. The van der Waals surface area contributed by atoms with E-state index in [2.05, 4.69) is 17.9 Å². The highest BCUT2D eigenvalue weighted by atomic mass is 32.2. The van der Waals surface area contributed by atoms with Gasteiger partial charge in [0.25, 0.3) is 0 Å². The third-order valence-electron chi connectivity index (χ3n) is 3.41. The Balaban J connectivity index is 2.01. The van der Waals surface area contributed by atoms with Gasteiger partial charge in [-0.15, -0.1) is 24.4 Å². The van der Waals surface area contributed by atoms with E-state index in [0.29, 0.717) is 13.0 Å². The molecule has 1 saturated heterocycles. The van der Waals surface area contributed by atoms with Crippen molar-refractivity contribution in [3.8, 4) is 0 Å². The van der Waals surface area contributed by atoms with E-state index in [-0.39, 0.29) is 11.6 Å². The van der Waals surface area contributed by atoms with Crippen molar-refractivity contribution in [2.45, 2.75) is 24.7 Å². The average molecular weight is 354 g/mol. The number of carbonyl (C=O) groups is 1. The number of esters is 1. The van der Waals surface area contributed by atoms with Gasteiger partial charge in [0.05, 0.1) is 11.5 Å². The van der Waals surface area contributed by atoms with Crippen molar-refractivity contribution >= 4 is 30.4 Å². The standard InChI is InChI=1S/C15H18N2O4S2/c1-10-4-2-5-12(22)11(10)6-8-21-15(18)13(17(19)20)14-16-7-3-9-23-14/h2,4-5,16,22H,3,6-9H2,1H3. The molecule has 0 aromatic heterocycles. The fourth-order valence-electron chi connectivity index (χ4n) is 2.23. The van der Waals surface area contributed by atoms with Crippen LogP contribution in [0.3, 0.4) is 0 Å². The quantitative estimate of drug-likeness (QED) is 0.278. The molecule has 1 aromatic carbocycles. The molecule has 6 nitrogen and oxygen atoms in total. The van der Waals surface area contributed by atoms with Gasteiger partial charge in [0.1, 0.15) is 0 Å². The fraction of sp³-hybridized carbons (Fsp3) is 0.400. The second-order valence-corrected chi connectivity index (χ2v) is 6.61. The summed E-state index contributed by atoms with van der Waals surface area (Å²) in [6.07, 6.45) is 1.38. The van der Waals surface area contributed by atoms with Crippen molar-refractivity contribution in [3.05, 3.63) is 50.2 Å². The maximum atomic E-state index is 12.0. The van der Waals surface area contributed by atoms with Gasteiger partial charge in [-0.25, -0.2) is 4.79 Å². The Hall–Kier alpha value is -1.67. The molecule has 1 fully saturated rings. The van der Waals surface area contributed by atoms with E-state index in [1.54, 1.807) is 0 Å². The summed E-state index contributed by atoms with van der Waals surface area (Å²) < 4.78 is 5.11. The number of nitrogens with zero attached hydrogens (tertiary/aromatic N) is 1. The van der Waals surface area contributed by atoms with Gasteiger partial charge < -0.3 is 10.1 Å². The molecule has 8 heteroatoms. The normalized spacial score (nSPS) is 16.4. The minimum atomic E-state index is -0.902. The van der Waals surface area contributed by atoms with Gasteiger partial charge >= 0.3 is 11.7 Å². The third-order valence-corrected chi connectivity index (χ3v) is 4.95. The van der Waals surface area contributed by atoms with Gasteiger partial charge in [-0.1, -0.05) is 12.1 Å². The molecule has 0 aliphatic carbocycles. The number of ether oxygens (including phenoxy) is 1. The smallest absolute Gasteiger partial charge is 0.412 e. The lowest BCUT2D eigenvalue weighted by Gasteiger charge is -2.15. The molecule has 2 rings (SSSR count). The highest BCUT2D eigenvalue weighted by molar-refractivity contribution is 8.03. The fourth-order valence-corrected chi connectivity index (χ4v) is 3.59. The first kappa shape index (κ1) is 17.7. The number of nitro groups is 1. The van der Waals surface area contributed by atoms with Crippen molar-refractivity contribution in [1.29, 1.82) is 0 Å². The molecule has 1 aromatic rings. The van der Waals surface area contributed by atoms with Crippen molar-refractivity contribution in [3.63, 3.8) is 0 Å². The Bertz CT molecular complexity index is 618. The second-order valence-electron chi connectivity index (χ2n) is 5.02. The van der Waals surface area contributed by atoms with Crippen LogP contribution in [0.5, 0.6) is 0 Å². The van der Waals surface area contributed by atoms with E-state index in [9.17, 15) is 14.9 Å². The number of aryl methyl sites for hydroxylation is 1. The number of benzene rings is 1. The summed E-state index contributed by atoms with van der Waals surface area (Å²) in [6.45, 7) is 2.65. The molecule has 1 aliphatic rings. The van der Waals surface area contributed by atoms with Crippen LogP contribution in [0.2, 0.25) is 0 Å². The van der Waals surface area contributed by atoms with Crippen LogP contribution in [0, 0.1) is 17.0 Å². The third kappa shape index (κ3) is 4.65. The zero-order chi connectivity index (χ0) is 16.8.